The number of benzene rings is 1. The first-order chi connectivity index (χ1) is 9.85. The van der Waals surface area contributed by atoms with Gasteiger partial charge in [0.1, 0.15) is 0 Å². The fourth-order valence-electron chi connectivity index (χ4n) is 1.87. The Bertz CT molecular complexity index is 722. The molecule has 0 saturated heterocycles. The van der Waals surface area contributed by atoms with Gasteiger partial charge in [-0.1, -0.05) is 18.5 Å². The molecule has 0 radical (unpaired) electrons. The molecule has 0 amide bonds. The van der Waals surface area contributed by atoms with Crippen molar-refractivity contribution < 1.29 is 24.5 Å². The van der Waals surface area contributed by atoms with E-state index in [2.05, 4.69) is 0 Å². The molecule has 0 bridgehead atoms. The molecule has 1 atom stereocenters. The normalized spacial score (nSPS) is 12.3. The van der Waals surface area contributed by atoms with Gasteiger partial charge < -0.3 is 14.9 Å². The zero-order chi connectivity index (χ0) is 15.7. The first-order valence-corrected chi connectivity index (χ1v) is 7.29. The fourth-order valence-corrected chi connectivity index (χ4v) is 3.22. The van der Waals surface area contributed by atoms with Gasteiger partial charge in [-0.15, -0.1) is 11.3 Å². The maximum Gasteiger partial charge on any atom is 0.306 e. The van der Waals surface area contributed by atoms with Gasteiger partial charge in [0, 0.05) is 22.6 Å². The second kappa shape index (κ2) is 5.91. The van der Waals surface area contributed by atoms with E-state index in [0.29, 0.717) is 15.0 Å². The van der Waals surface area contributed by atoms with Gasteiger partial charge in [0.2, 0.25) is 0 Å². The van der Waals surface area contributed by atoms with Crippen molar-refractivity contribution in [1.29, 1.82) is 0 Å². The van der Waals surface area contributed by atoms with Crippen LogP contribution in [-0.2, 0) is 4.79 Å². The number of hydrogen-bond donors (Lipinski definition) is 2. The first-order valence-electron chi connectivity index (χ1n) is 6.10. The van der Waals surface area contributed by atoms with Crippen molar-refractivity contribution in [3.63, 3.8) is 0 Å². The molecular formula is C14H13ClO5S. The molecule has 7 heteroatoms. The molecular weight excluding hydrogens is 316 g/mol. The van der Waals surface area contributed by atoms with E-state index in [0.717, 1.165) is 0 Å². The minimum absolute atomic E-state index is 0.0805. The number of carboxylic acids is 1. The van der Waals surface area contributed by atoms with Crippen molar-refractivity contribution >= 4 is 44.8 Å². The van der Waals surface area contributed by atoms with E-state index < -0.39 is 11.9 Å². The average Bonchev–Trinajstić information content (AvgIpc) is 2.86. The molecule has 5 nitrogen and oxygen atoms in total. The number of ketones is 1. The summed E-state index contributed by atoms with van der Waals surface area (Å²) < 4.78 is 5.70. The van der Waals surface area contributed by atoms with Gasteiger partial charge in [-0.25, -0.2) is 0 Å². The predicted molar refractivity (Wildman–Crippen MR) is 80.8 cm³/mol. The van der Waals surface area contributed by atoms with Crippen LogP contribution in [0.4, 0.5) is 0 Å². The summed E-state index contributed by atoms with van der Waals surface area (Å²) in [7, 11) is 1.41. The second-order valence-electron chi connectivity index (χ2n) is 4.63. The number of methoxy groups -OCH3 is 1. The van der Waals surface area contributed by atoms with Crippen LogP contribution < -0.4 is 4.74 Å². The molecule has 1 aromatic heterocycles. The Morgan fingerprint density at radius 1 is 1.43 bits per heavy atom. The molecule has 0 saturated carbocycles. The Kier molecular flexibility index (Phi) is 4.39. The minimum Gasteiger partial charge on any atom is -0.503 e. The Labute approximate surface area is 129 Å². The minimum atomic E-state index is -1.01. The molecule has 2 N–H and O–H groups in total. The highest BCUT2D eigenvalue weighted by Gasteiger charge is 2.21. The van der Waals surface area contributed by atoms with Gasteiger partial charge in [0.25, 0.3) is 0 Å². The van der Waals surface area contributed by atoms with Crippen LogP contribution >= 0.6 is 22.9 Å². The number of phenols is 1. The second-order valence-corrected chi connectivity index (χ2v) is 6.09. The summed E-state index contributed by atoms with van der Waals surface area (Å²) in [6, 6.07) is 3.16. The van der Waals surface area contributed by atoms with Gasteiger partial charge in [0.15, 0.2) is 17.3 Å². The molecule has 1 aromatic carbocycles. The number of rotatable bonds is 5. The van der Waals surface area contributed by atoms with E-state index in [1.54, 1.807) is 12.1 Å². The van der Waals surface area contributed by atoms with Crippen LogP contribution in [0.15, 0.2) is 12.1 Å². The molecule has 112 valence electrons. The Morgan fingerprint density at radius 2 is 2.10 bits per heavy atom. The number of aromatic hydroxyl groups is 1. The maximum absolute atomic E-state index is 12.1. The van der Waals surface area contributed by atoms with E-state index in [1.807, 2.05) is 0 Å². The van der Waals surface area contributed by atoms with Crippen LogP contribution in [0, 0.1) is 5.92 Å². The number of carbonyl (C=O) groups excluding carboxylic acids is 1. The van der Waals surface area contributed by atoms with Crippen LogP contribution in [0.1, 0.15) is 23.0 Å². The number of carbonyl (C=O) groups is 2. The van der Waals surface area contributed by atoms with Gasteiger partial charge in [-0.05, 0) is 6.07 Å². The monoisotopic (exact) mass is 328 g/mol. The highest BCUT2D eigenvalue weighted by Crippen LogP contribution is 2.43. The lowest BCUT2D eigenvalue weighted by Crippen LogP contribution is -2.13. The van der Waals surface area contributed by atoms with Crippen molar-refractivity contribution in [1.82, 2.24) is 0 Å². The standard InChI is InChI=1S/C14H13ClO5S/c1-6(14(18)19)3-8(16)11-4-7-10(21-11)5-9(20-2)13(17)12(7)15/h4-6,17H,3H2,1-2H3,(H,18,19). The van der Waals surface area contributed by atoms with Crippen molar-refractivity contribution in [3.8, 4) is 11.5 Å². The first kappa shape index (κ1) is 15.6. The van der Waals surface area contributed by atoms with Crippen molar-refractivity contribution in [2.45, 2.75) is 13.3 Å². The van der Waals surface area contributed by atoms with Crippen molar-refractivity contribution in [2.24, 2.45) is 5.92 Å². The van der Waals surface area contributed by atoms with Crippen LogP contribution in [0.25, 0.3) is 10.1 Å². The molecule has 21 heavy (non-hydrogen) atoms. The average molecular weight is 329 g/mol. The third kappa shape index (κ3) is 2.96. The van der Waals surface area contributed by atoms with Gasteiger partial charge >= 0.3 is 5.97 Å². The summed E-state index contributed by atoms with van der Waals surface area (Å²) in [6.45, 7) is 1.48. The molecule has 0 aliphatic rings. The van der Waals surface area contributed by atoms with Crippen LogP contribution in [0.5, 0.6) is 11.5 Å². The van der Waals surface area contributed by atoms with Crippen LogP contribution in [0.2, 0.25) is 5.02 Å². The van der Waals surface area contributed by atoms with E-state index >= 15 is 0 Å². The lowest BCUT2D eigenvalue weighted by atomic mass is 10.0. The quantitative estimate of drug-likeness (QED) is 0.820. The van der Waals surface area contributed by atoms with Crippen LogP contribution in [-0.4, -0.2) is 29.1 Å². The highest BCUT2D eigenvalue weighted by atomic mass is 35.5. The Hall–Kier alpha value is -1.79. The summed E-state index contributed by atoms with van der Waals surface area (Å²) in [5, 5.41) is 19.4. The molecule has 2 aromatic rings. The molecule has 2 rings (SSSR count). The van der Waals surface area contributed by atoms with E-state index in [-0.39, 0.29) is 28.7 Å². The number of fused-ring (bicyclic) bond motifs is 1. The van der Waals surface area contributed by atoms with E-state index in [9.17, 15) is 14.7 Å². The number of aliphatic carboxylic acids is 1. The molecule has 0 aliphatic carbocycles. The molecule has 0 spiro atoms. The lowest BCUT2D eigenvalue weighted by Gasteiger charge is -2.05. The smallest absolute Gasteiger partial charge is 0.306 e. The molecule has 0 aliphatic heterocycles. The zero-order valence-corrected chi connectivity index (χ0v) is 12.9. The van der Waals surface area contributed by atoms with Gasteiger partial charge in [-0.2, -0.15) is 0 Å². The number of phenolic OH excluding ortho intramolecular Hbond substituents is 1. The zero-order valence-electron chi connectivity index (χ0n) is 11.3. The Balaban J connectivity index is 2.41. The van der Waals surface area contributed by atoms with Crippen LogP contribution in [0.3, 0.4) is 0 Å². The van der Waals surface area contributed by atoms with E-state index in [1.165, 1.54) is 25.4 Å². The van der Waals surface area contributed by atoms with Gasteiger partial charge in [0.05, 0.1) is 22.9 Å². The molecule has 1 unspecified atom stereocenters. The largest absolute Gasteiger partial charge is 0.503 e. The summed E-state index contributed by atoms with van der Waals surface area (Å²) in [6.07, 6.45) is -0.0805. The van der Waals surface area contributed by atoms with E-state index in [4.69, 9.17) is 21.4 Å². The molecule has 0 fully saturated rings. The number of Topliss-reactive ketones (excluding diaryl/α,β-unsaturated/α-hetero) is 1. The summed E-state index contributed by atoms with van der Waals surface area (Å²) in [4.78, 5) is 23.3. The number of hydrogen-bond acceptors (Lipinski definition) is 5. The Morgan fingerprint density at radius 3 is 2.67 bits per heavy atom. The topological polar surface area (TPSA) is 83.8 Å². The third-order valence-electron chi connectivity index (χ3n) is 3.11. The summed E-state index contributed by atoms with van der Waals surface area (Å²) in [5.74, 6) is -1.97. The fraction of sp³-hybridized carbons (Fsp3) is 0.286. The van der Waals surface area contributed by atoms with Crippen molar-refractivity contribution in [3.05, 3.63) is 22.0 Å². The highest BCUT2D eigenvalue weighted by molar-refractivity contribution is 7.21. The molecule has 1 heterocycles. The predicted octanol–water partition coefficient (Wildman–Crippen LogP) is 3.56. The van der Waals surface area contributed by atoms with Crippen molar-refractivity contribution in [2.75, 3.05) is 7.11 Å². The number of ether oxygens (including phenoxy) is 1. The third-order valence-corrected chi connectivity index (χ3v) is 4.61. The summed E-state index contributed by atoms with van der Waals surface area (Å²) >= 11 is 7.25. The number of halogens is 1. The summed E-state index contributed by atoms with van der Waals surface area (Å²) in [5.41, 5.74) is 0. The lowest BCUT2D eigenvalue weighted by molar-refractivity contribution is -0.141. The maximum atomic E-state index is 12.1. The number of carboxylic acid groups (broad SMARTS) is 1. The number of thiophene rings is 1. The SMILES string of the molecule is COc1cc2sc(C(=O)CC(C)C(=O)O)cc2c(Cl)c1O. The van der Waals surface area contributed by atoms with Gasteiger partial charge in [-0.3, -0.25) is 9.59 Å².